The van der Waals surface area contributed by atoms with Crippen molar-refractivity contribution >= 4 is 21.8 Å². The summed E-state index contributed by atoms with van der Waals surface area (Å²) in [5, 5.41) is 9.62. The Labute approximate surface area is 198 Å². The Hall–Kier alpha value is -2.43. The van der Waals surface area contributed by atoms with Crippen LogP contribution in [0, 0.1) is 0 Å². The van der Waals surface area contributed by atoms with E-state index in [0.29, 0.717) is 25.4 Å². The van der Waals surface area contributed by atoms with Gasteiger partial charge in [0.25, 0.3) is 0 Å². The summed E-state index contributed by atoms with van der Waals surface area (Å²) in [6.45, 7) is 0.791. The highest BCUT2D eigenvalue weighted by Gasteiger charge is 2.49. The molecule has 6 rings (SSSR count). The second-order valence-corrected chi connectivity index (χ2v) is 10.1. The first-order chi connectivity index (χ1) is 15.6. The van der Waals surface area contributed by atoms with Gasteiger partial charge in [-0.15, -0.1) is 0 Å². The van der Waals surface area contributed by atoms with E-state index in [0.717, 1.165) is 18.4 Å². The molecule has 0 saturated carbocycles. The van der Waals surface area contributed by atoms with Crippen molar-refractivity contribution in [3.63, 3.8) is 0 Å². The number of aliphatic hydroxyl groups is 1. The summed E-state index contributed by atoms with van der Waals surface area (Å²) in [7, 11) is 0. The normalized spacial score (nSPS) is 21.5. The quantitative estimate of drug-likeness (QED) is 0.452. The van der Waals surface area contributed by atoms with Gasteiger partial charge in [0, 0.05) is 24.4 Å². The number of fused-ring (bicyclic) bond motifs is 1. The lowest BCUT2D eigenvalue weighted by Crippen LogP contribution is -2.45. The summed E-state index contributed by atoms with van der Waals surface area (Å²) >= 11 is 3.79. The van der Waals surface area contributed by atoms with Crippen LogP contribution in [0.15, 0.2) is 78.9 Å². The first-order valence-electron chi connectivity index (χ1n) is 11.4. The average Bonchev–Trinajstić information content (AvgIpc) is 2.84. The van der Waals surface area contributed by atoms with Crippen LogP contribution in [0.3, 0.4) is 0 Å². The third-order valence-electron chi connectivity index (χ3n) is 7.26. The predicted molar refractivity (Wildman–Crippen MR) is 131 cm³/mol. The molecule has 3 aromatic rings. The van der Waals surface area contributed by atoms with Crippen LogP contribution < -0.4 is 0 Å². The maximum absolute atomic E-state index is 13.6. The topological polar surface area (TPSA) is 40.5 Å². The highest BCUT2D eigenvalue weighted by molar-refractivity contribution is 9.10. The first-order valence-corrected chi connectivity index (χ1v) is 12.3. The lowest BCUT2D eigenvalue weighted by molar-refractivity contribution is -0.132. The second kappa shape index (κ2) is 8.84. The third-order valence-corrected chi connectivity index (χ3v) is 7.97. The molecule has 3 aliphatic rings. The summed E-state index contributed by atoms with van der Waals surface area (Å²) in [4.78, 5) is 15.0. The zero-order valence-electron chi connectivity index (χ0n) is 18.1. The number of benzene rings is 3. The molecule has 1 atom stereocenters. The molecule has 4 heteroatoms. The van der Waals surface area contributed by atoms with E-state index in [1.54, 1.807) is 4.90 Å². The van der Waals surface area contributed by atoms with Crippen molar-refractivity contribution in [2.24, 2.45) is 0 Å². The predicted octanol–water partition coefficient (Wildman–Crippen LogP) is 5.39. The van der Waals surface area contributed by atoms with E-state index < -0.39 is 0 Å². The summed E-state index contributed by atoms with van der Waals surface area (Å²) in [6, 6.07) is 27.6. The Morgan fingerprint density at radius 1 is 0.969 bits per heavy atom. The highest BCUT2D eigenvalue weighted by Crippen LogP contribution is 2.58. The molecule has 3 aromatic carbocycles. The molecule has 164 valence electrons. The fraction of sp³-hybridized carbons (Fsp3) is 0.321. The molecule has 3 aliphatic carbocycles. The Morgan fingerprint density at radius 3 is 2.19 bits per heavy atom. The first kappa shape index (κ1) is 21.4. The van der Waals surface area contributed by atoms with Crippen LogP contribution in [0.2, 0.25) is 0 Å². The van der Waals surface area contributed by atoms with E-state index in [9.17, 15) is 9.90 Å². The van der Waals surface area contributed by atoms with Gasteiger partial charge in [-0.05, 0) is 47.1 Å². The van der Waals surface area contributed by atoms with Gasteiger partial charge in [0.15, 0.2) is 0 Å². The van der Waals surface area contributed by atoms with E-state index >= 15 is 0 Å². The van der Waals surface area contributed by atoms with Gasteiger partial charge in [-0.2, -0.15) is 0 Å². The van der Waals surface area contributed by atoms with Crippen molar-refractivity contribution in [1.29, 1.82) is 0 Å². The minimum Gasteiger partial charge on any atom is -0.395 e. The fourth-order valence-corrected chi connectivity index (χ4v) is 6.70. The van der Waals surface area contributed by atoms with Crippen LogP contribution in [0.4, 0.5) is 0 Å². The molecule has 0 aliphatic heterocycles. The fourth-order valence-electron chi connectivity index (χ4n) is 5.86. The summed E-state index contributed by atoms with van der Waals surface area (Å²) in [6.07, 6.45) is 2.88. The van der Waals surface area contributed by atoms with Crippen LogP contribution in [0.5, 0.6) is 0 Å². The van der Waals surface area contributed by atoms with Crippen molar-refractivity contribution in [1.82, 2.24) is 4.90 Å². The van der Waals surface area contributed by atoms with Gasteiger partial charge in [0.2, 0.25) is 5.91 Å². The number of hydrogen-bond donors (Lipinski definition) is 1. The second-order valence-electron chi connectivity index (χ2n) is 8.99. The van der Waals surface area contributed by atoms with Crippen LogP contribution in [0.25, 0.3) is 0 Å². The maximum atomic E-state index is 13.6. The van der Waals surface area contributed by atoms with Crippen molar-refractivity contribution in [3.8, 4) is 0 Å². The van der Waals surface area contributed by atoms with Gasteiger partial charge in [-0.1, -0.05) is 94.8 Å². The Balaban J connectivity index is 1.47. The van der Waals surface area contributed by atoms with E-state index in [1.807, 2.05) is 30.3 Å². The summed E-state index contributed by atoms with van der Waals surface area (Å²) in [5.41, 5.74) is 6.50. The van der Waals surface area contributed by atoms with Crippen molar-refractivity contribution in [3.05, 3.63) is 107 Å². The largest absolute Gasteiger partial charge is 0.395 e. The number of amides is 1. The maximum Gasteiger partial charge on any atom is 0.236 e. The molecule has 0 aromatic heterocycles. The van der Waals surface area contributed by atoms with Gasteiger partial charge in [-0.25, -0.2) is 0 Å². The van der Waals surface area contributed by atoms with E-state index in [4.69, 9.17) is 0 Å². The molecule has 0 saturated heterocycles. The molecule has 3 nitrogen and oxygen atoms in total. The van der Waals surface area contributed by atoms with Gasteiger partial charge in [0.1, 0.15) is 0 Å². The Morgan fingerprint density at radius 2 is 1.56 bits per heavy atom. The van der Waals surface area contributed by atoms with E-state index in [2.05, 4.69) is 64.5 Å². The molecule has 1 amide bonds. The molecule has 0 radical (unpaired) electrons. The molecule has 0 fully saturated rings. The molecule has 32 heavy (non-hydrogen) atoms. The number of carbonyl (C=O) groups excluding carboxylic acids is 1. The lowest BCUT2D eigenvalue weighted by atomic mass is 9.54. The number of nitrogens with zero attached hydrogens (tertiary/aromatic N) is 1. The Bertz CT molecular complexity index is 1070. The van der Waals surface area contributed by atoms with Gasteiger partial charge < -0.3 is 10.0 Å². The van der Waals surface area contributed by atoms with Gasteiger partial charge in [0.05, 0.1) is 11.4 Å². The number of hydrogen-bond acceptors (Lipinski definition) is 2. The summed E-state index contributed by atoms with van der Waals surface area (Å²) < 4.78 is 0. The van der Waals surface area contributed by atoms with Crippen LogP contribution in [0.1, 0.15) is 53.0 Å². The average molecular weight is 490 g/mol. The minimum atomic E-state index is -0.325. The molecular formula is C28H28BrNO2. The number of alkyl halides is 1. The number of carbonyl (C=O) groups is 1. The van der Waals surface area contributed by atoms with Crippen LogP contribution >= 0.6 is 15.9 Å². The van der Waals surface area contributed by atoms with Crippen LogP contribution in [-0.2, 0) is 16.8 Å². The van der Waals surface area contributed by atoms with Crippen molar-refractivity contribution in [2.75, 3.05) is 13.2 Å². The number of halogens is 1. The molecular weight excluding hydrogens is 462 g/mol. The molecule has 1 N–H and O–H groups in total. The molecule has 2 bridgehead atoms. The minimum absolute atomic E-state index is 0.0416. The molecule has 1 unspecified atom stereocenters. The smallest absolute Gasteiger partial charge is 0.236 e. The van der Waals surface area contributed by atoms with Crippen molar-refractivity contribution < 1.29 is 9.90 Å². The summed E-state index contributed by atoms with van der Waals surface area (Å²) in [5.74, 6) is 0.498. The highest BCUT2D eigenvalue weighted by atomic mass is 79.9. The standard InChI is InChI=1S/C28H28BrNO2/c29-26(27(32)30(16-17-31)19-20-8-2-1-3-9-20)18-28-15-14-21(22-10-4-6-12-24(22)28)23-11-5-7-13-25(23)28/h1-13,21,26,31H,14-19H2. The molecule has 0 heterocycles. The number of aliphatic hydroxyl groups excluding tert-OH is 1. The van der Waals surface area contributed by atoms with E-state index in [1.165, 1.54) is 22.3 Å². The lowest BCUT2D eigenvalue weighted by Gasteiger charge is -2.50. The number of rotatable bonds is 7. The zero-order valence-corrected chi connectivity index (χ0v) is 19.7. The van der Waals surface area contributed by atoms with Crippen molar-refractivity contribution in [2.45, 2.75) is 42.0 Å². The third kappa shape index (κ3) is 3.60. The van der Waals surface area contributed by atoms with Gasteiger partial charge >= 0.3 is 0 Å². The zero-order chi connectivity index (χ0) is 22.1. The van der Waals surface area contributed by atoms with Crippen LogP contribution in [-0.4, -0.2) is 33.9 Å². The van der Waals surface area contributed by atoms with E-state index in [-0.39, 0.29) is 22.8 Å². The van der Waals surface area contributed by atoms with Gasteiger partial charge in [-0.3, -0.25) is 4.79 Å². The molecule has 0 spiro atoms. The SMILES string of the molecule is O=C(C(Br)CC12CCC(c3ccccc31)c1ccccc12)N(CCO)Cc1ccccc1. The monoisotopic (exact) mass is 489 g/mol. The Kier molecular flexibility index (Phi) is 5.92.